The first kappa shape index (κ1) is 25.7. The standard InChI is InChI=1S/C18H34N4O4.CH4/c1-3-4-19-5-6-20(13-14-23)8-9-21(15-17(2)24)11-12-22(10-7-19)16-18(25)26;/h3,14,17,24H,1,4-13,15-16H2,2H3,(H,25,26);1H4. The van der Waals surface area contributed by atoms with E-state index in [4.69, 9.17) is 5.11 Å². The highest BCUT2D eigenvalue weighted by Crippen LogP contribution is 2.01. The molecule has 0 radical (unpaired) electrons. The minimum absolute atomic E-state index is 0. The lowest BCUT2D eigenvalue weighted by molar-refractivity contribution is -0.138. The Labute approximate surface area is 164 Å². The minimum Gasteiger partial charge on any atom is -0.480 e. The van der Waals surface area contributed by atoms with Crippen LogP contribution in [0.2, 0.25) is 0 Å². The molecule has 0 aromatic carbocycles. The van der Waals surface area contributed by atoms with Gasteiger partial charge in [-0.2, -0.15) is 0 Å². The van der Waals surface area contributed by atoms with Gasteiger partial charge in [0.05, 0.1) is 19.2 Å². The van der Waals surface area contributed by atoms with Gasteiger partial charge in [0.15, 0.2) is 0 Å². The molecule has 1 unspecified atom stereocenters. The summed E-state index contributed by atoms with van der Waals surface area (Å²) in [5, 5.41) is 18.9. The number of aliphatic hydroxyl groups excluding tert-OH is 1. The summed E-state index contributed by atoms with van der Waals surface area (Å²) in [7, 11) is 0. The summed E-state index contributed by atoms with van der Waals surface area (Å²) < 4.78 is 0. The molecule has 8 nitrogen and oxygen atoms in total. The highest BCUT2D eigenvalue weighted by atomic mass is 16.4. The zero-order valence-corrected chi connectivity index (χ0v) is 15.9. The van der Waals surface area contributed by atoms with Crippen LogP contribution < -0.4 is 0 Å². The van der Waals surface area contributed by atoms with Gasteiger partial charge in [-0.05, 0) is 6.92 Å². The van der Waals surface area contributed by atoms with Crippen LogP contribution in [0.3, 0.4) is 0 Å². The number of carboxylic acids is 1. The normalized spacial score (nSPS) is 20.7. The van der Waals surface area contributed by atoms with Gasteiger partial charge in [0.2, 0.25) is 0 Å². The Morgan fingerprint density at radius 2 is 1.41 bits per heavy atom. The molecule has 0 saturated carbocycles. The van der Waals surface area contributed by atoms with E-state index in [1.807, 2.05) is 11.0 Å². The number of nitrogens with zero attached hydrogens (tertiary/aromatic N) is 4. The first-order valence-electron chi connectivity index (χ1n) is 9.28. The van der Waals surface area contributed by atoms with Gasteiger partial charge in [-0.15, -0.1) is 6.58 Å². The van der Waals surface area contributed by atoms with Gasteiger partial charge in [-0.3, -0.25) is 24.4 Å². The van der Waals surface area contributed by atoms with E-state index in [9.17, 15) is 14.7 Å². The molecule has 0 aromatic rings. The Hall–Kier alpha value is -1.32. The molecule has 1 heterocycles. The number of hydrogen-bond donors (Lipinski definition) is 2. The molecule has 8 heteroatoms. The number of hydrogen-bond acceptors (Lipinski definition) is 7. The van der Waals surface area contributed by atoms with Gasteiger partial charge >= 0.3 is 5.97 Å². The summed E-state index contributed by atoms with van der Waals surface area (Å²) in [5.74, 6) is -0.827. The average molecular weight is 387 g/mol. The third kappa shape index (κ3) is 11.9. The molecule has 1 rings (SSSR count). The van der Waals surface area contributed by atoms with Crippen molar-refractivity contribution in [1.29, 1.82) is 0 Å². The van der Waals surface area contributed by atoms with Crippen LogP contribution in [-0.2, 0) is 9.59 Å². The Kier molecular flexibility index (Phi) is 14.0. The lowest BCUT2D eigenvalue weighted by atomic mass is 10.3. The predicted molar refractivity (Wildman–Crippen MR) is 108 cm³/mol. The highest BCUT2D eigenvalue weighted by Gasteiger charge is 2.18. The number of carboxylic acid groups (broad SMARTS) is 1. The van der Waals surface area contributed by atoms with Gasteiger partial charge in [0, 0.05) is 65.4 Å². The van der Waals surface area contributed by atoms with E-state index in [0.717, 1.165) is 45.6 Å². The summed E-state index contributed by atoms with van der Waals surface area (Å²) >= 11 is 0. The van der Waals surface area contributed by atoms with Crippen molar-refractivity contribution >= 4 is 12.3 Å². The molecule has 27 heavy (non-hydrogen) atoms. The second-order valence-electron chi connectivity index (χ2n) is 6.88. The SMILES string of the molecule is C.C=CCN1CCN(CC=O)CCN(CC(C)O)CCN(CC(=O)O)CC1. The number of rotatable bonds is 8. The Morgan fingerprint density at radius 3 is 1.81 bits per heavy atom. The molecule has 158 valence electrons. The second kappa shape index (κ2) is 14.7. The molecule has 1 saturated heterocycles. The molecule has 1 aliphatic heterocycles. The van der Waals surface area contributed by atoms with Gasteiger partial charge in [-0.25, -0.2) is 0 Å². The molecular weight excluding hydrogens is 348 g/mol. The van der Waals surface area contributed by atoms with Crippen molar-refractivity contribution in [2.24, 2.45) is 0 Å². The summed E-state index contributed by atoms with van der Waals surface area (Å²) in [4.78, 5) is 30.6. The van der Waals surface area contributed by atoms with Crippen molar-refractivity contribution in [2.75, 3.05) is 78.5 Å². The topological polar surface area (TPSA) is 87.6 Å². The van der Waals surface area contributed by atoms with Crippen LogP contribution in [-0.4, -0.2) is 127 Å². The lowest BCUT2D eigenvalue weighted by Gasteiger charge is -2.33. The molecule has 1 aliphatic rings. The molecule has 0 aromatic heterocycles. The summed E-state index contributed by atoms with van der Waals surface area (Å²) in [6, 6.07) is 0. The largest absolute Gasteiger partial charge is 0.480 e. The van der Waals surface area contributed by atoms with Gasteiger partial charge < -0.3 is 15.0 Å². The summed E-state index contributed by atoms with van der Waals surface area (Å²) in [5.41, 5.74) is 0. The summed E-state index contributed by atoms with van der Waals surface area (Å²) in [6.07, 6.45) is 2.33. The van der Waals surface area contributed by atoms with E-state index >= 15 is 0 Å². The van der Waals surface area contributed by atoms with E-state index in [-0.39, 0.29) is 14.0 Å². The first-order valence-corrected chi connectivity index (χ1v) is 9.28. The Morgan fingerprint density at radius 1 is 0.963 bits per heavy atom. The van der Waals surface area contributed by atoms with Crippen LogP contribution in [0.25, 0.3) is 0 Å². The molecule has 2 N–H and O–H groups in total. The van der Waals surface area contributed by atoms with Crippen molar-refractivity contribution in [2.45, 2.75) is 20.5 Å². The lowest BCUT2D eigenvalue weighted by Crippen LogP contribution is -2.48. The first-order chi connectivity index (χ1) is 12.4. The molecule has 1 atom stereocenters. The zero-order chi connectivity index (χ0) is 19.4. The monoisotopic (exact) mass is 386 g/mol. The maximum absolute atomic E-state index is 11.2. The number of aliphatic hydroxyl groups is 1. The number of β-amino-alcohol motifs (C(OH)–C–C–N with tert-alkyl or cyclic N) is 1. The van der Waals surface area contributed by atoms with Crippen LogP contribution in [0.1, 0.15) is 14.4 Å². The zero-order valence-electron chi connectivity index (χ0n) is 15.9. The number of aliphatic carboxylic acids is 1. The number of carbonyl (C=O) groups excluding carboxylic acids is 1. The van der Waals surface area contributed by atoms with Crippen molar-refractivity contribution in [1.82, 2.24) is 19.6 Å². The highest BCUT2D eigenvalue weighted by molar-refractivity contribution is 5.69. The molecule has 0 spiro atoms. The fraction of sp³-hybridized carbons (Fsp3) is 0.789. The third-order valence-corrected chi connectivity index (χ3v) is 4.53. The predicted octanol–water partition coefficient (Wildman–Crippen LogP) is -0.306. The number of carbonyl (C=O) groups is 2. The molecule has 0 aliphatic carbocycles. The Balaban J connectivity index is 0.00000676. The smallest absolute Gasteiger partial charge is 0.317 e. The van der Waals surface area contributed by atoms with E-state index < -0.39 is 12.1 Å². The van der Waals surface area contributed by atoms with E-state index in [0.29, 0.717) is 32.7 Å². The Bertz CT molecular complexity index is 434. The van der Waals surface area contributed by atoms with Crippen LogP contribution >= 0.6 is 0 Å². The maximum Gasteiger partial charge on any atom is 0.317 e. The van der Waals surface area contributed by atoms with Gasteiger partial charge in [0.25, 0.3) is 0 Å². The summed E-state index contributed by atoms with van der Waals surface area (Å²) in [6.45, 7) is 13.0. The molecule has 1 fully saturated rings. The van der Waals surface area contributed by atoms with Crippen LogP contribution in [0.5, 0.6) is 0 Å². The van der Waals surface area contributed by atoms with Crippen LogP contribution in [0.4, 0.5) is 0 Å². The van der Waals surface area contributed by atoms with Gasteiger partial charge in [0.1, 0.15) is 6.29 Å². The van der Waals surface area contributed by atoms with E-state index in [1.54, 1.807) is 6.92 Å². The van der Waals surface area contributed by atoms with E-state index in [1.165, 1.54) is 0 Å². The fourth-order valence-corrected chi connectivity index (χ4v) is 3.14. The molecular formula is C19H38N4O4. The van der Waals surface area contributed by atoms with Crippen LogP contribution in [0, 0.1) is 0 Å². The van der Waals surface area contributed by atoms with Crippen molar-refractivity contribution in [3.8, 4) is 0 Å². The second-order valence-corrected chi connectivity index (χ2v) is 6.88. The quantitative estimate of drug-likeness (QED) is 0.434. The molecule has 0 bridgehead atoms. The van der Waals surface area contributed by atoms with Crippen molar-refractivity contribution in [3.63, 3.8) is 0 Å². The number of aldehydes is 1. The van der Waals surface area contributed by atoms with Crippen molar-refractivity contribution < 1.29 is 19.8 Å². The van der Waals surface area contributed by atoms with Crippen molar-refractivity contribution in [3.05, 3.63) is 12.7 Å². The average Bonchev–Trinajstić information content (AvgIpc) is 2.56. The van der Waals surface area contributed by atoms with Gasteiger partial charge in [-0.1, -0.05) is 13.5 Å². The fourth-order valence-electron chi connectivity index (χ4n) is 3.14. The maximum atomic E-state index is 11.2. The minimum atomic E-state index is -0.827. The van der Waals surface area contributed by atoms with Crippen LogP contribution in [0.15, 0.2) is 12.7 Å². The van der Waals surface area contributed by atoms with E-state index in [2.05, 4.69) is 21.3 Å². The molecule has 0 amide bonds. The third-order valence-electron chi connectivity index (χ3n) is 4.53.